The Morgan fingerprint density at radius 1 is 0.690 bits per heavy atom. The molecule has 0 aliphatic carbocycles. The van der Waals surface area contributed by atoms with Crippen LogP contribution in [0.3, 0.4) is 0 Å². The molecule has 0 spiro atoms. The fraction of sp³-hybridized carbons (Fsp3) is 0.968. The molecule has 0 fully saturated rings. The van der Waals surface area contributed by atoms with Crippen molar-refractivity contribution in [3.63, 3.8) is 0 Å². The van der Waals surface area contributed by atoms with Crippen molar-refractivity contribution in [2.75, 3.05) is 33.5 Å². The number of carbonyl (C=O) groups is 1. The molecule has 11 heteroatoms. The van der Waals surface area contributed by atoms with Crippen molar-refractivity contribution in [1.82, 2.24) is 0 Å². The van der Waals surface area contributed by atoms with Crippen LogP contribution in [0.5, 0.6) is 0 Å². The maximum Gasteiger partial charge on any atom is 0.472 e. The lowest BCUT2D eigenvalue weighted by Gasteiger charge is -2.18. The number of aliphatic carboxylic acids is 1. The summed E-state index contributed by atoms with van der Waals surface area (Å²) in [7, 11) is -2.89. The molecule has 0 aromatic rings. The van der Waals surface area contributed by atoms with Crippen LogP contribution in [0, 0.1) is 0 Å². The predicted octanol–water partition coefficient (Wildman–Crippen LogP) is 7.14. The summed E-state index contributed by atoms with van der Waals surface area (Å²) >= 11 is 0. The molecule has 0 amide bonds. The Bertz CT molecular complexity index is 656. The summed E-state index contributed by atoms with van der Waals surface area (Å²) in [6, 6.07) is -1.45. The first kappa shape index (κ1) is 41.4. The van der Waals surface area contributed by atoms with Gasteiger partial charge in [0.25, 0.3) is 0 Å². The number of nitrogens with two attached hydrogens (primary N) is 1. The first-order valence-electron chi connectivity index (χ1n) is 16.6. The third kappa shape index (κ3) is 28.2. The molecule has 0 saturated heterocycles. The van der Waals surface area contributed by atoms with E-state index in [1.807, 2.05) is 0 Å². The van der Waals surface area contributed by atoms with Crippen molar-refractivity contribution in [3.8, 4) is 0 Å². The summed E-state index contributed by atoms with van der Waals surface area (Å²) in [5.41, 5.74) is 5.21. The van der Waals surface area contributed by atoms with Crippen molar-refractivity contribution < 1.29 is 43.0 Å². The lowest BCUT2D eigenvalue weighted by molar-refractivity contribution is -0.139. The Morgan fingerprint density at radius 2 is 1.10 bits per heavy atom. The van der Waals surface area contributed by atoms with Crippen LogP contribution in [0.25, 0.3) is 0 Å². The predicted molar refractivity (Wildman–Crippen MR) is 168 cm³/mol. The highest BCUT2D eigenvalue weighted by atomic mass is 31.2. The second-order valence-electron chi connectivity index (χ2n) is 11.6. The smallest absolute Gasteiger partial charge is 0.472 e. The van der Waals surface area contributed by atoms with Gasteiger partial charge in [-0.3, -0.25) is 13.8 Å². The van der Waals surface area contributed by atoms with Gasteiger partial charge in [0.1, 0.15) is 12.1 Å². The maximum absolute atomic E-state index is 11.7. The first-order valence-corrected chi connectivity index (χ1v) is 18.1. The van der Waals surface area contributed by atoms with E-state index in [1.165, 1.54) is 116 Å². The topological polar surface area (TPSA) is 158 Å². The zero-order valence-electron chi connectivity index (χ0n) is 26.7. The van der Waals surface area contributed by atoms with Gasteiger partial charge in [-0.15, -0.1) is 0 Å². The third-order valence-electron chi connectivity index (χ3n) is 7.49. The van der Waals surface area contributed by atoms with E-state index in [9.17, 15) is 19.4 Å². The van der Waals surface area contributed by atoms with E-state index in [2.05, 4.69) is 16.0 Å². The number of hydrogen-bond donors (Lipinski definition) is 4. The number of aliphatic hydroxyl groups is 1. The van der Waals surface area contributed by atoms with E-state index in [0.717, 1.165) is 19.3 Å². The Hall–Kier alpha value is -0.580. The van der Waals surface area contributed by atoms with E-state index in [0.29, 0.717) is 6.61 Å². The SMILES string of the molecule is CCCCCCCCCCCCCCCCCCCCCCC(COCC(O)COP(=O)(O)OCC(N)C(=O)O)OC. The van der Waals surface area contributed by atoms with Crippen molar-refractivity contribution >= 4 is 13.8 Å². The van der Waals surface area contributed by atoms with Gasteiger partial charge in [0.05, 0.1) is 32.5 Å². The van der Waals surface area contributed by atoms with Gasteiger partial charge in [-0.25, -0.2) is 4.57 Å². The monoisotopic (exact) mass is 625 g/mol. The van der Waals surface area contributed by atoms with Gasteiger partial charge in [0.15, 0.2) is 0 Å². The number of aliphatic hydroxyl groups excluding tert-OH is 1. The Kier molecular flexibility index (Phi) is 28.7. The van der Waals surface area contributed by atoms with Gasteiger partial charge in [-0.2, -0.15) is 0 Å². The highest BCUT2D eigenvalue weighted by Crippen LogP contribution is 2.43. The van der Waals surface area contributed by atoms with Gasteiger partial charge in [-0.1, -0.05) is 135 Å². The van der Waals surface area contributed by atoms with Crippen LogP contribution in [0.1, 0.15) is 142 Å². The van der Waals surface area contributed by atoms with Crippen molar-refractivity contribution in [2.45, 2.75) is 160 Å². The van der Waals surface area contributed by atoms with E-state index in [4.69, 9.17) is 20.3 Å². The van der Waals surface area contributed by atoms with Crippen LogP contribution >= 0.6 is 7.82 Å². The number of rotatable bonds is 33. The van der Waals surface area contributed by atoms with Gasteiger partial charge in [0, 0.05) is 7.11 Å². The number of methoxy groups -OCH3 is 1. The number of unbranched alkanes of at least 4 members (excludes halogenated alkanes) is 19. The average molecular weight is 626 g/mol. The minimum atomic E-state index is -4.53. The summed E-state index contributed by atoms with van der Waals surface area (Å²) < 4.78 is 31.8. The van der Waals surface area contributed by atoms with Crippen molar-refractivity contribution in [2.24, 2.45) is 5.73 Å². The molecule has 0 bridgehead atoms. The second kappa shape index (κ2) is 29.1. The summed E-state index contributed by atoms with van der Waals surface area (Å²) in [6.45, 7) is 1.27. The van der Waals surface area contributed by atoms with Crippen LogP contribution in [0.4, 0.5) is 0 Å². The maximum atomic E-state index is 11.7. The molecule has 4 atom stereocenters. The minimum absolute atomic E-state index is 0.0848. The molecular formula is C31H64NO9P. The summed E-state index contributed by atoms with van der Waals surface area (Å²) in [6.07, 6.45) is 26.7. The number of ether oxygens (including phenoxy) is 2. The molecule has 252 valence electrons. The van der Waals surface area contributed by atoms with E-state index < -0.39 is 39.2 Å². The number of phosphoric acid groups is 1. The average Bonchev–Trinajstić information content (AvgIpc) is 2.96. The standard InChI is InChI=1S/C31H64NO9P/c1-3-4-5-6-7-8-9-10-11-12-13-14-15-16-17-18-19-20-21-22-23-29(38-2)26-39-24-28(33)25-40-42(36,37)41-27-30(32)31(34)35/h28-30,33H,3-27,32H2,1-2H3,(H,34,35)(H,36,37). The summed E-state index contributed by atoms with van der Waals surface area (Å²) in [5.74, 6) is -1.37. The third-order valence-corrected chi connectivity index (χ3v) is 8.44. The largest absolute Gasteiger partial charge is 0.480 e. The lowest BCUT2D eigenvalue weighted by Crippen LogP contribution is -2.34. The van der Waals surface area contributed by atoms with E-state index in [-0.39, 0.29) is 12.7 Å². The molecule has 0 rings (SSSR count). The van der Waals surface area contributed by atoms with Crippen LogP contribution in [0.15, 0.2) is 0 Å². The van der Waals surface area contributed by atoms with Crippen LogP contribution in [-0.2, 0) is 27.9 Å². The van der Waals surface area contributed by atoms with Gasteiger partial charge >= 0.3 is 13.8 Å². The van der Waals surface area contributed by atoms with Gasteiger partial charge in [-0.05, 0) is 6.42 Å². The molecule has 0 saturated carbocycles. The quantitative estimate of drug-likeness (QED) is 0.0436. The Labute approximate surface area is 256 Å². The van der Waals surface area contributed by atoms with Crippen molar-refractivity contribution in [3.05, 3.63) is 0 Å². The number of carboxylic acid groups (broad SMARTS) is 1. The normalized spacial score (nSPS) is 15.4. The molecule has 4 unspecified atom stereocenters. The minimum Gasteiger partial charge on any atom is -0.480 e. The summed E-state index contributed by atoms with van der Waals surface area (Å²) in [5, 5.41) is 18.6. The molecule has 0 aliphatic rings. The van der Waals surface area contributed by atoms with Crippen LogP contribution in [-0.4, -0.2) is 72.9 Å². The molecule has 5 N–H and O–H groups in total. The van der Waals surface area contributed by atoms with E-state index >= 15 is 0 Å². The highest BCUT2D eigenvalue weighted by Gasteiger charge is 2.25. The molecule has 10 nitrogen and oxygen atoms in total. The number of carboxylic acids is 1. The molecule has 42 heavy (non-hydrogen) atoms. The Morgan fingerprint density at radius 3 is 1.50 bits per heavy atom. The lowest BCUT2D eigenvalue weighted by atomic mass is 10.0. The Balaban J connectivity index is 3.54. The van der Waals surface area contributed by atoms with E-state index in [1.54, 1.807) is 7.11 Å². The first-order chi connectivity index (χ1) is 20.2. The van der Waals surface area contributed by atoms with Gasteiger partial charge < -0.3 is 30.3 Å². The zero-order chi connectivity index (χ0) is 31.3. The summed E-state index contributed by atoms with van der Waals surface area (Å²) in [4.78, 5) is 20.1. The fourth-order valence-electron chi connectivity index (χ4n) is 4.74. The fourth-order valence-corrected chi connectivity index (χ4v) is 5.53. The molecule has 0 aromatic heterocycles. The zero-order valence-corrected chi connectivity index (χ0v) is 27.6. The molecular weight excluding hydrogens is 561 g/mol. The molecule has 0 aliphatic heterocycles. The number of phosphoric ester groups is 1. The van der Waals surface area contributed by atoms with Gasteiger partial charge in [0.2, 0.25) is 0 Å². The van der Waals surface area contributed by atoms with Crippen LogP contribution in [0.2, 0.25) is 0 Å². The molecule has 0 radical (unpaired) electrons. The second-order valence-corrected chi connectivity index (χ2v) is 13.0. The van der Waals surface area contributed by atoms with Crippen molar-refractivity contribution in [1.29, 1.82) is 0 Å². The molecule has 0 heterocycles. The highest BCUT2D eigenvalue weighted by molar-refractivity contribution is 7.47. The molecule has 0 aromatic carbocycles. The van der Waals surface area contributed by atoms with Crippen LogP contribution < -0.4 is 5.73 Å². The number of hydrogen-bond acceptors (Lipinski definition) is 8.